The fourth-order valence-electron chi connectivity index (χ4n) is 4.91. The molecule has 46 heavy (non-hydrogen) atoms. The highest BCUT2D eigenvalue weighted by Crippen LogP contribution is 2.31. The van der Waals surface area contributed by atoms with Crippen molar-refractivity contribution in [3.05, 3.63) is 112 Å². The van der Waals surface area contributed by atoms with Crippen molar-refractivity contribution in [2.45, 2.75) is 19.4 Å². The van der Waals surface area contributed by atoms with Crippen molar-refractivity contribution >= 4 is 57.9 Å². The Morgan fingerprint density at radius 1 is 1.11 bits per heavy atom. The number of benzene rings is 3. The number of ether oxygens (including phenoxy) is 1. The second-order valence-electron chi connectivity index (χ2n) is 10.2. The maximum absolute atomic E-state index is 13.4. The lowest BCUT2D eigenvalue weighted by Gasteiger charge is -2.16. The number of hydrogen-bond donors (Lipinski definition) is 4. The number of nitrogens with zero attached hydrogens (tertiary/aromatic N) is 5. The molecule has 12 nitrogen and oxygen atoms in total. The van der Waals surface area contributed by atoms with Gasteiger partial charge >= 0.3 is 5.97 Å². The Morgan fingerprint density at radius 3 is 2.74 bits per heavy atom. The van der Waals surface area contributed by atoms with Crippen LogP contribution in [0.5, 0.6) is 0 Å². The Balaban J connectivity index is 1.27. The maximum atomic E-state index is 13.4. The molecule has 0 unspecified atom stereocenters. The van der Waals surface area contributed by atoms with Crippen molar-refractivity contribution < 1.29 is 14.3 Å². The van der Waals surface area contributed by atoms with Gasteiger partial charge in [0.1, 0.15) is 16.7 Å². The normalized spacial score (nSPS) is 12.1. The van der Waals surface area contributed by atoms with E-state index >= 15 is 0 Å². The van der Waals surface area contributed by atoms with Crippen LogP contribution in [0.3, 0.4) is 0 Å². The molecule has 0 aliphatic heterocycles. The van der Waals surface area contributed by atoms with Crippen LogP contribution >= 0.6 is 23.2 Å². The molecule has 0 bridgehead atoms. The number of H-pyrrole nitrogens is 2. The molecule has 0 radical (unpaired) electrons. The third kappa shape index (κ3) is 6.63. The molecule has 5 N–H and O–H groups in total. The number of amides is 1. The molecule has 0 saturated heterocycles. The first-order valence-electron chi connectivity index (χ1n) is 14.2. The van der Waals surface area contributed by atoms with Gasteiger partial charge in [-0.2, -0.15) is 5.10 Å². The summed E-state index contributed by atoms with van der Waals surface area (Å²) >= 11 is 12.9. The Labute approximate surface area is 272 Å². The van der Waals surface area contributed by atoms with Crippen molar-refractivity contribution in [2.24, 2.45) is 0 Å². The summed E-state index contributed by atoms with van der Waals surface area (Å²) in [6, 6.07) is 19.8. The largest absolute Gasteiger partial charge is 0.461 e. The van der Waals surface area contributed by atoms with E-state index in [-0.39, 0.29) is 18.2 Å². The molecule has 232 valence electrons. The topological polar surface area (TPSA) is 169 Å². The molecule has 0 aliphatic rings. The number of carbonyl (C=O) groups excluding carboxylic acids is 2. The number of anilines is 1. The van der Waals surface area contributed by atoms with Crippen molar-refractivity contribution in [2.75, 3.05) is 12.3 Å². The van der Waals surface area contributed by atoms with E-state index in [9.17, 15) is 9.59 Å². The van der Waals surface area contributed by atoms with Gasteiger partial charge in [-0.05, 0) is 55.3 Å². The lowest BCUT2D eigenvalue weighted by atomic mass is 10.1. The minimum Gasteiger partial charge on any atom is -0.461 e. The highest BCUT2D eigenvalue weighted by atomic mass is 35.5. The smallest absolute Gasteiger partial charge is 0.360 e. The number of nitrogen functional groups attached to an aromatic ring is 1. The van der Waals surface area contributed by atoms with Crippen LogP contribution in [0.15, 0.2) is 79.0 Å². The zero-order valence-electron chi connectivity index (χ0n) is 24.4. The van der Waals surface area contributed by atoms with Crippen molar-refractivity contribution in [3.8, 4) is 16.9 Å². The molecule has 0 saturated carbocycles. The van der Waals surface area contributed by atoms with E-state index in [2.05, 4.69) is 30.8 Å². The summed E-state index contributed by atoms with van der Waals surface area (Å²) in [5, 5.41) is 19.5. The van der Waals surface area contributed by atoms with Crippen LogP contribution in [0.1, 0.15) is 40.4 Å². The number of fused-ring (bicyclic) bond motifs is 1. The van der Waals surface area contributed by atoms with Gasteiger partial charge < -0.3 is 20.8 Å². The lowest BCUT2D eigenvalue weighted by Crippen LogP contribution is -2.29. The van der Waals surface area contributed by atoms with E-state index in [1.54, 1.807) is 31.2 Å². The zero-order valence-corrected chi connectivity index (χ0v) is 25.9. The molecule has 3 aromatic carbocycles. The van der Waals surface area contributed by atoms with Gasteiger partial charge in [0.05, 0.1) is 30.0 Å². The number of aromatic nitrogens is 7. The standard InChI is InChI=1S/C32H27Cl2N9O3/c1-2-46-32(45)25-17-43(42-40-25)26-12-10-21(33)15-19(26)9-13-27(44)36-24(14-18-6-4-3-5-7-18)31-37-28(29(34)38-31)20-8-11-22-23(16-20)39-41-30(22)35/h3-13,15-17,24H,2,14H2,1H3,(H,36,44)(H,37,38)(H3,35,39,41)/t24-/m0/s1. The Kier molecular flexibility index (Phi) is 8.81. The van der Waals surface area contributed by atoms with Crippen LogP contribution in [0, 0.1) is 0 Å². The molecule has 14 heteroatoms. The molecule has 0 fully saturated rings. The van der Waals surface area contributed by atoms with E-state index in [0.29, 0.717) is 45.2 Å². The fraction of sp³-hybridized carbons (Fsp3) is 0.125. The second-order valence-corrected chi connectivity index (χ2v) is 11.0. The van der Waals surface area contributed by atoms with Crippen LogP contribution in [0.2, 0.25) is 10.2 Å². The van der Waals surface area contributed by atoms with Gasteiger partial charge in [0.2, 0.25) is 5.91 Å². The molecule has 1 atom stereocenters. The van der Waals surface area contributed by atoms with Crippen molar-refractivity contribution in [1.82, 2.24) is 40.5 Å². The predicted octanol–water partition coefficient (Wildman–Crippen LogP) is 5.71. The SMILES string of the molecule is CCOC(=O)c1cn(-c2ccc(Cl)cc2C=CC(=O)N[C@@H](Cc2ccccc2)c2nc(-c3ccc4c(N)n[nH]c4c3)c(Cl)[nH]2)nn1. The average Bonchev–Trinajstić information content (AvgIpc) is 3.79. The molecule has 0 aliphatic carbocycles. The van der Waals surface area contributed by atoms with Gasteiger partial charge in [-0.25, -0.2) is 14.5 Å². The van der Waals surface area contributed by atoms with Crippen LogP contribution in [-0.2, 0) is 16.0 Å². The number of halogens is 2. The number of hydrogen-bond acceptors (Lipinski definition) is 8. The minimum absolute atomic E-state index is 0.0540. The molecule has 0 spiro atoms. The third-order valence-corrected chi connectivity index (χ3v) is 7.61. The first kappa shape index (κ1) is 30.6. The van der Waals surface area contributed by atoms with Crippen LogP contribution < -0.4 is 11.1 Å². The number of esters is 1. The summed E-state index contributed by atoms with van der Waals surface area (Å²) in [4.78, 5) is 33.4. The second kappa shape index (κ2) is 13.3. The molecular weight excluding hydrogens is 629 g/mol. The van der Waals surface area contributed by atoms with E-state index in [4.69, 9.17) is 38.7 Å². The summed E-state index contributed by atoms with van der Waals surface area (Å²) in [7, 11) is 0. The average molecular weight is 657 g/mol. The molecule has 6 rings (SSSR count). The number of nitrogens with one attached hydrogen (secondary N) is 3. The van der Waals surface area contributed by atoms with E-state index in [1.807, 2.05) is 48.5 Å². The summed E-state index contributed by atoms with van der Waals surface area (Å²) < 4.78 is 6.42. The fourth-order valence-corrected chi connectivity index (χ4v) is 5.34. The highest BCUT2D eigenvalue weighted by Gasteiger charge is 2.22. The first-order chi connectivity index (χ1) is 22.3. The number of carbonyl (C=O) groups is 2. The Morgan fingerprint density at radius 2 is 1.93 bits per heavy atom. The zero-order chi connectivity index (χ0) is 32.2. The Bertz CT molecular complexity index is 2070. The van der Waals surface area contributed by atoms with E-state index in [1.165, 1.54) is 17.0 Å². The molecule has 6 aromatic rings. The highest BCUT2D eigenvalue weighted by molar-refractivity contribution is 6.32. The van der Waals surface area contributed by atoms with E-state index in [0.717, 1.165) is 22.0 Å². The lowest BCUT2D eigenvalue weighted by molar-refractivity contribution is -0.117. The number of imidazole rings is 1. The van der Waals surface area contributed by atoms with Crippen LogP contribution in [-0.4, -0.2) is 53.6 Å². The van der Waals surface area contributed by atoms with Gasteiger partial charge in [0.15, 0.2) is 11.5 Å². The summed E-state index contributed by atoms with van der Waals surface area (Å²) in [6.07, 6.45) is 4.88. The summed E-state index contributed by atoms with van der Waals surface area (Å²) in [6.45, 7) is 1.92. The first-order valence-corrected chi connectivity index (χ1v) is 15.0. The number of nitrogens with two attached hydrogens (primary N) is 1. The monoisotopic (exact) mass is 655 g/mol. The van der Waals surface area contributed by atoms with Crippen LogP contribution in [0.25, 0.3) is 33.9 Å². The quantitative estimate of drug-likeness (QED) is 0.107. The molecular formula is C32H27Cl2N9O3. The van der Waals surface area contributed by atoms with Gasteiger partial charge in [0, 0.05) is 27.6 Å². The third-order valence-electron chi connectivity index (χ3n) is 7.10. The van der Waals surface area contributed by atoms with Gasteiger partial charge in [0.25, 0.3) is 0 Å². The van der Waals surface area contributed by atoms with Gasteiger partial charge in [-0.3, -0.25) is 9.89 Å². The molecule has 3 aromatic heterocycles. The van der Waals surface area contributed by atoms with Crippen LogP contribution in [0.4, 0.5) is 5.82 Å². The van der Waals surface area contributed by atoms with Gasteiger partial charge in [-0.15, -0.1) is 5.10 Å². The van der Waals surface area contributed by atoms with E-state index < -0.39 is 12.0 Å². The molecule has 3 heterocycles. The van der Waals surface area contributed by atoms with Crippen molar-refractivity contribution in [3.63, 3.8) is 0 Å². The predicted molar refractivity (Wildman–Crippen MR) is 175 cm³/mol. The minimum atomic E-state index is -0.587. The molecule has 1 amide bonds. The summed E-state index contributed by atoms with van der Waals surface area (Å²) in [5.74, 6) is -0.0912. The van der Waals surface area contributed by atoms with Gasteiger partial charge in [-0.1, -0.05) is 64.8 Å². The number of rotatable bonds is 10. The maximum Gasteiger partial charge on any atom is 0.360 e. The van der Waals surface area contributed by atoms with Crippen molar-refractivity contribution in [1.29, 1.82) is 0 Å². The Hall–Kier alpha value is -5.46. The number of aromatic amines is 2. The summed E-state index contributed by atoms with van der Waals surface area (Å²) in [5.41, 5.74) is 10.1.